The first kappa shape index (κ1) is 19.9. The molecule has 1 amide bonds. The number of hydrogen-bond acceptors (Lipinski definition) is 5. The van der Waals surface area contributed by atoms with Gasteiger partial charge in [-0.2, -0.15) is 0 Å². The topological polar surface area (TPSA) is 72.5 Å². The number of aromatic nitrogens is 1. The third kappa shape index (κ3) is 4.60. The Kier molecular flexibility index (Phi) is 5.95. The molecule has 1 aliphatic heterocycles. The molecule has 2 heterocycles. The van der Waals surface area contributed by atoms with E-state index in [1.54, 1.807) is 6.08 Å². The maximum atomic E-state index is 12.2. The molecule has 0 unspecified atom stereocenters. The lowest BCUT2D eigenvalue weighted by molar-refractivity contribution is -0.117. The van der Waals surface area contributed by atoms with Gasteiger partial charge in [0, 0.05) is 22.8 Å². The van der Waals surface area contributed by atoms with Crippen LogP contribution in [0.25, 0.3) is 10.9 Å². The Labute approximate surface area is 175 Å². The molecule has 6 nitrogen and oxygen atoms in total. The zero-order chi connectivity index (χ0) is 20.9. The molecule has 4 rings (SSSR count). The van der Waals surface area contributed by atoms with Crippen LogP contribution in [0.15, 0.2) is 61.2 Å². The second-order valence-electron chi connectivity index (χ2n) is 7.31. The zero-order valence-electron chi connectivity index (χ0n) is 17.0. The summed E-state index contributed by atoms with van der Waals surface area (Å²) in [6.45, 7) is 6.96. The van der Waals surface area contributed by atoms with E-state index < -0.39 is 0 Å². The molecule has 0 radical (unpaired) electrons. The fraction of sp³-hybridized carbons (Fsp3) is 0.250. The number of amides is 1. The molecule has 2 aromatic carbocycles. The molecule has 30 heavy (non-hydrogen) atoms. The predicted molar refractivity (Wildman–Crippen MR) is 118 cm³/mol. The van der Waals surface area contributed by atoms with Gasteiger partial charge in [-0.25, -0.2) is 0 Å². The van der Waals surface area contributed by atoms with E-state index in [4.69, 9.17) is 9.47 Å². The van der Waals surface area contributed by atoms with Crippen molar-refractivity contribution in [3.05, 3.63) is 66.9 Å². The number of ether oxygens (including phenoxy) is 2. The lowest BCUT2D eigenvalue weighted by Gasteiger charge is -2.13. The number of carbonyl (C=O) groups excluding carboxylic acids is 1. The van der Waals surface area contributed by atoms with Gasteiger partial charge in [-0.05, 0) is 68.8 Å². The largest absolute Gasteiger partial charge is 0.489 e. The summed E-state index contributed by atoms with van der Waals surface area (Å²) in [4.78, 5) is 16.8. The van der Waals surface area contributed by atoms with Crippen molar-refractivity contribution < 1.29 is 14.3 Å². The van der Waals surface area contributed by atoms with Crippen molar-refractivity contribution in [1.82, 2.24) is 10.3 Å². The van der Waals surface area contributed by atoms with Gasteiger partial charge in [0.25, 0.3) is 0 Å². The van der Waals surface area contributed by atoms with Crippen LogP contribution in [0.5, 0.6) is 17.2 Å². The van der Waals surface area contributed by atoms with E-state index in [1.807, 2.05) is 55.5 Å². The van der Waals surface area contributed by atoms with Crippen LogP contribution < -0.4 is 20.1 Å². The third-order valence-corrected chi connectivity index (χ3v) is 4.96. The van der Waals surface area contributed by atoms with Crippen molar-refractivity contribution in [3.63, 3.8) is 0 Å². The Morgan fingerprint density at radius 2 is 2.03 bits per heavy atom. The molecule has 6 heteroatoms. The number of nitrogens with zero attached hydrogens (tertiary/aromatic N) is 1. The Bertz CT molecular complexity index is 1060. The van der Waals surface area contributed by atoms with Crippen molar-refractivity contribution in [3.8, 4) is 17.2 Å². The fourth-order valence-electron chi connectivity index (χ4n) is 3.51. The van der Waals surface area contributed by atoms with E-state index in [2.05, 4.69) is 22.2 Å². The second-order valence-corrected chi connectivity index (χ2v) is 7.31. The number of hydrogen-bond donors (Lipinski definition) is 2. The van der Waals surface area contributed by atoms with Crippen LogP contribution in [0.4, 0.5) is 5.69 Å². The van der Waals surface area contributed by atoms with Gasteiger partial charge in [-0.3, -0.25) is 9.78 Å². The monoisotopic (exact) mass is 403 g/mol. The number of nitrogens with one attached hydrogen (secondary N) is 2. The number of pyridine rings is 1. The molecule has 1 atom stereocenters. The van der Waals surface area contributed by atoms with Crippen molar-refractivity contribution in [2.45, 2.75) is 25.8 Å². The number of anilines is 1. The van der Waals surface area contributed by atoms with Crippen LogP contribution in [0.1, 0.15) is 18.5 Å². The molecule has 1 fully saturated rings. The van der Waals surface area contributed by atoms with E-state index in [-0.39, 0.29) is 11.9 Å². The van der Waals surface area contributed by atoms with E-state index >= 15 is 0 Å². The second kappa shape index (κ2) is 8.97. The highest BCUT2D eigenvalue weighted by atomic mass is 16.5. The summed E-state index contributed by atoms with van der Waals surface area (Å²) in [6, 6.07) is 14.9. The number of fused-ring (bicyclic) bond motifs is 1. The Morgan fingerprint density at radius 3 is 2.77 bits per heavy atom. The van der Waals surface area contributed by atoms with Crippen molar-refractivity contribution in [2.75, 3.05) is 18.5 Å². The molecule has 3 aromatic rings. The summed E-state index contributed by atoms with van der Waals surface area (Å²) in [5.41, 5.74) is 2.49. The standard InChI is InChI=1S/C24H25N3O3/c1-3-13-29-23-14-16(2)26-21-11-10-19(15-20(21)23)30-18-8-6-17(7-9-18)27-24(28)22-5-4-12-25-22/h3,6-11,14-15,22,25H,1,4-5,12-13H2,2H3,(H,27,28)/t22-/m0/s1. The van der Waals surface area contributed by atoms with Gasteiger partial charge in [0.15, 0.2) is 0 Å². The van der Waals surface area contributed by atoms with Crippen LogP contribution in [0, 0.1) is 6.92 Å². The van der Waals surface area contributed by atoms with Gasteiger partial charge in [0.05, 0.1) is 11.6 Å². The number of carbonyl (C=O) groups is 1. The van der Waals surface area contributed by atoms with E-state index in [0.717, 1.165) is 47.4 Å². The minimum Gasteiger partial charge on any atom is -0.489 e. The van der Waals surface area contributed by atoms with Gasteiger partial charge in [-0.1, -0.05) is 12.7 Å². The zero-order valence-corrected chi connectivity index (χ0v) is 17.0. The molecule has 1 saturated heterocycles. The Balaban J connectivity index is 1.48. The van der Waals surface area contributed by atoms with E-state index in [0.29, 0.717) is 18.1 Å². The molecule has 0 spiro atoms. The van der Waals surface area contributed by atoms with Crippen LogP contribution in [0.3, 0.4) is 0 Å². The van der Waals surface area contributed by atoms with Gasteiger partial charge >= 0.3 is 0 Å². The van der Waals surface area contributed by atoms with Crippen LogP contribution in [-0.2, 0) is 4.79 Å². The molecule has 0 bridgehead atoms. The van der Waals surface area contributed by atoms with Crippen molar-refractivity contribution in [2.24, 2.45) is 0 Å². The van der Waals surface area contributed by atoms with Gasteiger partial charge < -0.3 is 20.1 Å². The molecular weight excluding hydrogens is 378 g/mol. The van der Waals surface area contributed by atoms with Crippen molar-refractivity contribution in [1.29, 1.82) is 0 Å². The minimum absolute atomic E-state index is 0.00513. The SMILES string of the molecule is C=CCOc1cc(C)nc2ccc(Oc3ccc(NC(=O)[C@@H]4CCCN4)cc3)cc12. The highest BCUT2D eigenvalue weighted by Crippen LogP contribution is 2.31. The first-order valence-corrected chi connectivity index (χ1v) is 10.1. The molecule has 154 valence electrons. The maximum Gasteiger partial charge on any atom is 0.241 e. The maximum absolute atomic E-state index is 12.2. The summed E-state index contributed by atoms with van der Waals surface area (Å²) in [5, 5.41) is 7.02. The lowest BCUT2D eigenvalue weighted by atomic mass is 10.1. The molecule has 1 aliphatic rings. The number of benzene rings is 2. The van der Waals surface area contributed by atoms with Gasteiger partial charge in [0.2, 0.25) is 5.91 Å². The molecular formula is C24H25N3O3. The third-order valence-electron chi connectivity index (χ3n) is 4.96. The van der Waals surface area contributed by atoms with Crippen LogP contribution in [0.2, 0.25) is 0 Å². The summed E-state index contributed by atoms with van der Waals surface area (Å²) >= 11 is 0. The first-order chi connectivity index (χ1) is 14.6. The molecule has 0 aliphatic carbocycles. The van der Waals surface area contributed by atoms with E-state index in [9.17, 15) is 4.79 Å². The fourth-order valence-corrected chi connectivity index (χ4v) is 3.51. The average Bonchev–Trinajstić information content (AvgIpc) is 3.29. The lowest BCUT2D eigenvalue weighted by Crippen LogP contribution is -2.35. The number of aryl methyl sites for hydroxylation is 1. The Morgan fingerprint density at radius 1 is 1.23 bits per heavy atom. The number of rotatable bonds is 7. The van der Waals surface area contributed by atoms with Crippen LogP contribution in [-0.4, -0.2) is 30.1 Å². The minimum atomic E-state index is -0.103. The van der Waals surface area contributed by atoms with E-state index in [1.165, 1.54) is 0 Å². The van der Waals surface area contributed by atoms with Gasteiger partial charge in [-0.15, -0.1) is 0 Å². The Hall–Kier alpha value is -3.38. The summed E-state index contributed by atoms with van der Waals surface area (Å²) in [5.74, 6) is 2.12. The quantitative estimate of drug-likeness (QED) is 0.565. The molecule has 2 N–H and O–H groups in total. The van der Waals surface area contributed by atoms with Gasteiger partial charge in [0.1, 0.15) is 23.9 Å². The molecule has 0 saturated carbocycles. The summed E-state index contributed by atoms with van der Waals surface area (Å²) < 4.78 is 11.8. The average molecular weight is 403 g/mol. The van der Waals surface area contributed by atoms with Crippen molar-refractivity contribution >= 4 is 22.5 Å². The highest BCUT2D eigenvalue weighted by Gasteiger charge is 2.21. The highest BCUT2D eigenvalue weighted by molar-refractivity contribution is 5.95. The molecule has 1 aromatic heterocycles. The normalized spacial score (nSPS) is 15.7. The first-order valence-electron chi connectivity index (χ1n) is 10.1. The summed E-state index contributed by atoms with van der Waals surface area (Å²) in [6.07, 6.45) is 3.62. The summed E-state index contributed by atoms with van der Waals surface area (Å²) in [7, 11) is 0. The smallest absolute Gasteiger partial charge is 0.241 e. The van der Waals surface area contributed by atoms with Crippen LogP contribution >= 0.6 is 0 Å². The predicted octanol–water partition coefficient (Wildman–Crippen LogP) is 4.59.